The molecule has 1 fully saturated rings. The SMILES string of the molecule is COC(CN)CC(=O)NCC1(C(=O)O)CCCC1. The van der Waals surface area contributed by atoms with Crippen LogP contribution in [0.5, 0.6) is 0 Å². The Morgan fingerprint density at radius 2 is 2.06 bits per heavy atom. The van der Waals surface area contributed by atoms with Crippen LogP contribution in [0, 0.1) is 5.41 Å². The predicted octanol–water partition coefficient (Wildman–Crippen LogP) is 0.111. The van der Waals surface area contributed by atoms with Crippen molar-refractivity contribution in [2.75, 3.05) is 20.2 Å². The monoisotopic (exact) mass is 258 g/mol. The van der Waals surface area contributed by atoms with Gasteiger partial charge in [-0.25, -0.2) is 0 Å². The van der Waals surface area contributed by atoms with E-state index in [9.17, 15) is 14.7 Å². The minimum Gasteiger partial charge on any atom is -0.481 e. The first-order valence-electron chi connectivity index (χ1n) is 6.27. The molecule has 1 unspecified atom stereocenters. The third-order valence-electron chi connectivity index (χ3n) is 3.65. The lowest BCUT2D eigenvalue weighted by atomic mass is 9.86. The largest absolute Gasteiger partial charge is 0.481 e. The molecule has 6 heteroatoms. The number of aliphatic carboxylic acids is 1. The number of hydrogen-bond donors (Lipinski definition) is 3. The van der Waals surface area contributed by atoms with Crippen LogP contribution < -0.4 is 11.1 Å². The second kappa shape index (κ2) is 6.70. The lowest BCUT2D eigenvalue weighted by Gasteiger charge is -2.24. The number of nitrogens with two attached hydrogens (primary N) is 1. The quantitative estimate of drug-likeness (QED) is 0.601. The topological polar surface area (TPSA) is 102 Å². The molecular weight excluding hydrogens is 236 g/mol. The number of methoxy groups -OCH3 is 1. The second-order valence-electron chi connectivity index (χ2n) is 4.87. The van der Waals surface area contributed by atoms with Crippen molar-refractivity contribution in [1.82, 2.24) is 5.32 Å². The van der Waals surface area contributed by atoms with Crippen LogP contribution in [0.4, 0.5) is 0 Å². The Hall–Kier alpha value is -1.14. The molecule has 0 aromatic heterocycles. The van der Waals surface area contributed by atoms with E-state index < -0.39 is 11.4 Å². The second-order valence-corrected chi connectivity index (χ2v) is 4.87. The molecule has 1 saturated carbocycles. The number of carbonyl (C=O) groups is 2. The molecule has 0 aromatic rings. The van der Waals surface area contributed by atoms with Gasteiger partial charge in [-0.2, -0.15) is 0 Å². The number of ether oxygens (including phenoxy) is 1. The number of amides is 1. The van der Waals surface area contributed by atoms with E-state index in [2.05, 4.69) is 5.32 Å². The summed E-state index contributed by atoms with van der Waals surface area (Å²) in [5, 5.41) is 11.9. The molecule has 1 aliphatic rings. The highest BCUT2D eigenvalue weighted by Crippen LogP contribution is 2.37. The van der Waals surface area contributed by atoms with Crippen LogP contribution in [-0.4, -0.2) is 43.3 Å². The summed E-state index contributed by atoms with van der Waals surface area (Å²) in [6.07, 6.45) is 2.94. The van der Waals surface area contributed by atoms with Gasteiger partial charge in [-0.05, 0) is 12.8 Å². The Bertz CT molecular complexity index is 296. The third-order valence-corrected chi connectivity index (χ3v) is 3.65. The lowest BCUT2D eigenvalue weighted by molar-refractivity contribution is -0.148. The first-order valence-corrected chi connectivity index (χ1v) is 6.27. The number of carbonyl (C=O) groups excluding carboxylic acids is 1. The highest BCUT2D eigenvalue weighted by Gasteiger charge is 2.41. The summed E-state index contributed by atoms with van der Waals surface area (Å²) in [4.78, 5) is 22.9. The van der Waals surface area contributed by atoms with Crippen LogP contribution in [0.1, 0.15) is 32.1 Å². The van der Waals surface area contributed by atoms with Gasteiger partial charge in [0, 0.05) is 20.2 Å². The molecule has 104 valence electrons. The van der Waals surface area contributed by atoms with E-state index in [1.165, 1.54) is 7.11 Å². The van der Waals surface area contributed by atoms with Gasteiger partial charge < -0.3 is 20.9 Å². The van der Waals surface area contributed by atoms with Gasteiger partial charge in [0.15, 0.2) is 0 Å². The van der Waals surface area contributed by atoms with Crippen molar-refractivity contribution >= 4 is 11.9 Å². The highest BCUT2D eigenvalue weighted by atomic mass is 16.5. The molecular formula is C12H22N2O4. The molecule has 6 nitrogen and oxygen atoms in total. The van der Waals surface area contributed by atoms with Crippen LogP contribution in [0.3, 0.4) is 0 Å². The van der Waals surface area contributed by atoms with E-state index in [-0.39, 0.29) is 31.5 Å². The molecule has 1 amide bonds. The highest BCUT2D eigenvalue weighted by molar-refractivity contribution is 5.79. The van der Waals surface area contributed by atoms with Gasteiger partial charge in [-0.3, -0.25) is 9.59 Å². The van der Waals surface area contributed by atoms with Gasteiger partial charge in [0.05, 0.1) is 17.9 Å². The zero-order valence-corrected chi connectivity index (χ0v) is 10.8. The van der Waals surface area contributed by atoms with Crippen molar-refractivity contribution in [2.45, 2.75) is 38.2 Å². The van der Waals surface area contributed by atoms with Crippen molar-refractivity contribution in [3.8, 4) is 0 Å². The molecule has 0 spiro atoms. The summed E-state index contributed by atoms with van der Waals surface area (Å²) < 4.78 is 5.01. The van der Waals surface area contributed by atoms with Gasteiger partial charge in [0.25, 0.3) is 0 Å². The van der Waals surface area contributed by atoms with Gasteiger partial charge in [0.1, 0.15) is 0 Å². The van der Waals surface area contributed by atoms with Crippen LogP contribution in [-0.2, 0) is 14.3 Å². The predicted molar refractivity (Wildman–Crippen MR) is 66.0 cm³/mol. The van der Waals surface area contributed by atoms with E-state index in [0.29, 0.717) is 12.8 Å². The number of rotatable bonds is 7. The van der Waals surface area contributed by atoms with E-state index in [4.69, 9.17) is 10.5 Å². The molecule has 0 saturated heterocycles. The average Bonchev–Trinajstić information content (AvgIpc) is 2.83. The Balaban J connectivity index is 2.43. The number of nitrogens with one attached hydrogen (secondary N) is 1. The molecule has 1 aliphatic carbocycles. The Kier molecular flexibility index (Phi) is 5.55. The van der Waals surface area contributed by atoms with Crippen molar-refractivity contribution in [3.05, 3.63) is 0 Å². The number of carboxylic acids is 1. The maximum absolute atomic E-state index is 11.7. The molecule has 0 aliphatic heterocycles. The first kappa shape index (κ1) is 14.9. The fourth-order valence-corrected chi connectivity index (χ4v) is 2.33. The Morgan fingerprint density at radius 3 is 2.50 bits per heavy atom. The maximum Gasteiger partial charge on any atom is 0.311 e. The van der Waals surface area contributed by atoms with Gasteiger partial charge in [0.2, 0.25) is 5.91 Å². The van der Waals surface area contributed by atoms with Crippen LogP contribution in [0.25, 0.3) is 0 Å². The molecule has 0 radical (unpaired) electrons. The van der Waals surface area contributed by atoms with Gasteiger partial charge in [-0.1, -0.05) is 12.8 Å². The Labute approximate surface area is 107 Å². The average molecular weight is 258 g/mol. The normalized spacial score (nSPS) is 19.4. The zero-order valence-electron chi connectivity index (χ0n) is 10.8. The van der Waals surface area contributed by atoms with E-state index in [1.807, 2.05) is 0 Å². The Morgan fingerprint density at radius 1 is 1.44 bits per heavy atom. The van der Waals surface area contributed by atoms with Crippen LogP contribution >= 0.6 is 0 Å². The maximum atomic E-state index is 11.7. The van der Waals surface area contributed by atoms with E-state index in [1.54, 1.807) is 0 Å². The minimum atomic E-state index is -0.817. The summed E-state index contributed by atoms with van der Waals surface area (Å²) in [7, 11) is 1.50. The summed E-state index contributed by atoms with van der Waals surface area (Å²) in [6.45, 7) is 0.468. The number of carboxylic acid groups (broad SMARTS) is 1. The number of hydrogen-bond acceptors (Lipinski definition) is 4. The van der Waals surface area contributed by atoms with Crippen LogP contribution in [0.2, 0.25) is 0 Å². The van der Waals surface area contributed by atoms with E-state index >= 15 is 0 Å². The summed E-state index contributed by atoms with van der Waals surface area (Å²) >= 11 is 0. The zero-order chi connectivity index (χ0) is 13.6. The molecule has 1 atom stereocenters. The molecule has 4 N–H and O–H groups in total. The lowest BCUT2D eigenvalue weighted by Crippen LogP contribution is -2.42. The molecule has 0 heterocycles. The minimum absolute atomic E-state index is 0.169. The van der Waals surface area contributed by atoms with Gasteiger partial charge in [-0.15, -0.1) is 0 Å². The fourth-order valence-electron chi connectivity index (χ4n) is 2.33. The molecule has 18 heavy (non-hydrogen) atoms. The van der Waals surface area contributed by atoms with E-state index in [0.717, 1.165) is 12.8 Å². The molecule has 1 rings (SSSR count). The summed E-state index contributed by atoms with van der Waals surface area (Å²) in [5.41, 5.74) is 4.65. The van der Waals surface area contributed by atoms with Crippen molar-refractivity contribution in [2.24, 2.45) is 11.1 Å². The van der Waals surface area contributed by atoms with Gasteiger partial charge >= 0.3 is 5.97 Å². The van der Waals surface area contributed by atoms with Crippen molar-refractivity contribution < 1.29 is 19.4 Å². The smallest absolute Gasteiger partial charge is 0.311 e. The van der Waals surface area contributed by atoms with Crippen LogP contribution in [0.15, 0.2) is 0 Å². The summed E-state index contributed by atoms with van der Waals surface area (Å²) in [5.74, 6) is -1.03. The standard InChI is InChI=1S/C12H22N2O4/c1-18-9(7-13)6-10(15)14-8-12(11(16)17)4-2-3-5-12/h9H,2-8,13H2,1H3,(H,14,15)(H,16,17). The third kappa shape index (κ3) is 3.68. The summed E-state index contributed by atoms with van der Waals surface area (Å²) in [6, 6.07) is 0. The fraction of sp³-hybridized carbons (Fsp3) is 0.833. The molecule has 0 bridgehead atoms. The van der Waals surface area contributed by atoms with Crippen molar-refractivity contribution in [1.29, 1.82) is 0 Å². The van der Waals surface area contributed by atoms with Crippen molar-refractivity contribution in [3.63, 3.8) is 0 Å². The molecule has 0 aromatic carbocycles. The first-order chi connectivity index (χ1) is 8.54.